The van der Waals surface area contributed by atoms with Crippen molar-refractivity contribution in [1.82, 2.24) is 5.32 Å². The first-order valence-electron chi connectivity index (χ1n) is 5.55. The van der Waals surface area contributed by atoms with Gasteiger partial charge in [-0.3, -0.25) is 4.79 Å². The van der Waals surface area contributed by atoms with Crippen LogP contribution in [-0.2, 0) is 14.8 Å². The van der Waals surface area contributed by atoms with Gasteiger partial charge in [0.2, 0.25) is 15.9 Å². The minimum Gasteiger partial charge on any atom is -0.324 e. The molecule has 0 fully saturated rings. The quantitative estimate of drug-likeness (QED) is 0.753. The Morgan fingerprint density at radius 3 is 2.58 bits per heavy atom. The van der Waals surface area contributed by atoms with Crippen LogP contribution in [0.3, 0.4) is 0 Å². The molecule has 0 spiro atoms. The van der Waals surface area contributed by atoms with E-state index in [2.05, 4.69) is 10.6 Å². The molecule has 0 radical (unpaired) electrons. The zero-order valence-electron chi connectivity index (χ0n) is 10.6. The Morgan fingerprint density at radius 2 is 2.05 bits per heavy atom. The molecule has 0 aliphatic rings. The SMILES string of the molecule is CC(C)NCC(=O)Nc1cc(S(N)(=O)=O)ccc1Cl. The van der Waals surface area contributed by atoms with Crippen LogP contribution in [0, 0.1) is 0 Å². The molecule has 1 aromatic rings. The topological polar surface area (TPSA) is 101 Å². The molecule has 0 heterocycles. The number of carbonyl (C=O) groups excluding carboxylic acids is 1. The fraction of sp³-hybridized carbons (Fsp3) is 0.364. The fourth-order valence-corrected chi connectivity index (χ4v) is 1.97. The van der Waals surface area contributed by atoms with Gasteiger partial charge in [-0.2, -0.15) is 0 Å². The van der Waals surface area contributed by atoms with Gasteiger partial charge in [0.15, 0.2) is 0 Å². The number of halogens is 1. The van der Waals surface area contributed by atoms with Crippen LogP contribution in [0.2, 0.25) is 5.02 Å². The summed E-state index contributed by atoms with van der Waals surface area (Å²) in [5, 5.41) is 10.7. The highest BCUT2D eigenvalue weighted by atomic mass is 35.5. The second-order valence-corrected chi connectivity index (χ2v) is 6.24. The molecule has 8 heteroatoms. The number of nitrogens with one attached hydrogen (secondary N) is 2. The predicted molar refractivity (Wildman–Crippen MR) is 74.6 cm³/mol. The maximum absolute atomic E-state index is 11.6. The van der Waals surface area contributed by atoms with Gasteiger partial charge < -0.3 is 10.6 Å². The third-order valence-corrected chi connectivity index (χ3v) is 3.45. The predicted octanol–water partition coefficient (Wildman–Crippen LogP) is 0.924. The highest BCUT2D eigenvalue weighted by molar-refractivity contribution is 7.89. The number of amides is 1. The molecule has 1 amide bonds. The minimum absolute atomic E-state index is 0.105. The van der Waals surface area contributed by atoms with E-state index < -0.39 is 10.0 Å². The normalized spacial score (nSPS) is 11.6. The third-order valence-electron chi connectivity index (χ3n) is 2.21. The molecule has 0 aliphatic carbocycles. The molecule has 6 nitrogen and oxygen atoms in total. The van der Waals surface area contributed by atoms with E-state index in [1.54, 1.807) is 0 Å². The Morgan fingerprint density at radius 1 is 1.42 bits per heavy atom. The Labute approximate surface area is 117 Å². The van der Waals surface area contributed by atoms with Gasteiger partial charge in [-0.1, -0.05) is 25.4 Å². The summed E-state index contributed by atoms with van der Waals surface area (Å²) in [5.74, 6) is -0.317. The minimum atomic E-state index is -3.83. The second-order valence-electron chi connectivity index (χ2n) is 4.27. The van der Waals surface area contributed by atoms with Gasteiger partial charge >= 0.3 is 0 Å². The molecule has 0 aliphatic heterocycles. The number of nitrogens with two attached hydrogens (primary N) is 1. The van der Waals surface area contributed by atoms with Gasteiger partial charge in [-0.15, -0.1) is 0 Å². The summed E-state index contributed by atoms with van der Waals surface area (Å²) in [7, 11) is -3.83. The van der Waals surface area contributed by atoms with Crippen molar-refractivity contribution >= 4 is 33.2 Å². The van der Waals surface area contributed by atoms with Crippen LogP contribution in [0.4, 0.5) is 5.69 Å². The van der Waals surface area contributed by atoms with Gasteiger partial charge in [0.1, 0.15) is 0 Å². The zero-order valence-corrected chi connectivity index (χ0v) is 12.2. The third kappa shape index (κ3) is 5.15. The number of rotatable bonds is 5. The molecular formula is C11H16ClN3O3S. The summed E-state index contributed by atoms with van der Waals surface area (Å²) in [6.07, 6.45) is 0. The van der Waals surface area contributed by atoms with Crippen molar-refractivity contribution in [3.8, 4) is 0 Å². The Bertz CT molecular complexity index is 573. The number of benzene rings is 1. The largest absolute Gasteiger partial charge is 0.324 e. The van der Waals surface area contributed by atoms with Crippen LogP contribution >= 0.6 is 11.6 Å². The first kappa shape index (κ1) is 15.9. The number of hydrogen-bond acceptors (Lipinski definition) is 4. The molecule has 0 saturated heterocycles. The van der Waals surface area contributed by atoms with Gasteiger partial charge in [0, 0.05) is 6.04 Å². The lowest BCUT2D eigenvalue weighted by Crippen LogP contribution is -2.32. The highest BCUT2D eigenvalue weighted by Crippen LogP contribution is 2.24. The van der Waals surface area contributed by atoms with Crippen molar-refractivity contribution in [2.75, 3.05) is 11.9 Å². The summed E-state index contributed by atoms with van der Waals surface area (Å²) < 4.78 is 22.4. The number of hydrogen-bond donors (Lipinski definition) is 3. The van der Waals surface area contributed by atoms with Crippen LogP contribution in [0.25, 0.3) is 0 Å². The number of sulfonamides is 1. The molecule has 19 heavy (non-hydrogen) atoms. The van der Waals surface area contributed by atoms with Crippen molar-refractivity contribution in [3.63, 3.8) is 0 Å². The number of carbonyl (C=O) groups is 1. The van der Waals surface area contributed by atoms with Crippen molar-refractivity contribution in [1.29, 1.82) is 0 Å². The summed E-state index contributed by atoms with van der Waals surface area (Å²) in [5.41, 5.74) is 0.212. The lowest BCUT2D eigenvalue weighted by atomic mass is 10.3. The summed E-state index contributed by atoms with van der Waals surface area (Å²) >= 11 is 5.88. The summed E-state index contributed by atoms with van der Waals surface area (Å²) in [6.45, 7) is 3.91. The van der Waals surface area contributed by atoms with E-state index in [-0.39, 0.29) is 34.1 Å². The Hall–Kier alpha value is -1.15. The van der Waals surface area contributed by atoms with Crippen LogP contribution in [0.5, 0.6) is 0 Å². The molecule has 1 rings (SSSR count). The van der Waals surface area contributed by atoms with Crippen molar-refractivity contribution in [2.24, 2.45) is 5.14 Å². The number of anilines is 1. The first-order chi connectivity index (χ1) is 8.70. The van der Waals surface area contributed by atoms with Gasteiger partial charge in [0.05, 0.1) is 22.2 Å². The lowest BCUT2D eigenvalue weighted by molar-refractivity contribution is -0.115. The molecule has 4 N–H and O–H groups in total. The zero-order chi connectivity index (χ0) is 14.6. The molecule has 0 saturated carbocycles. The van der Waals surface area contributed by atoms with Crippen LogP contribution in [0.1, 0.15) is 13.8 Å². The summed E-state index contributed by atoms with van der Waals surface area (Å²) in [6, 6.07) is 4.04. The smallest absolute Gasteiger partial charge is 0.238 e. The Balaban J connectivity index is 2.86. The van der Waals surface area contributed by atoms with Gasteiger partial charge in [0.25, 0.3) is 0 Å². The van der Waals surface area contributed by atoms with E-state index >= 15 is 0 Å². The number of primary sulfonamides is 1. The van der Waals surface area contributed by atoms with Gasteiger partial charge in [-0.05, 0) is 18.2 Å². The molecule has 1 aromatic carbocycles. The van der Waals surface area contributed by atoms with Crippen molar-refractivity contribution < 1.29 is 13.2 Å². The van der Waals surface area contributed by atoms with E-state index in [0.717, 1.165) is 0 Å². The maximum atomic E-state index is 11.6. The molecule has 0 bridgehead atoms. The van der Waals surface area contributed by atoms with E-state index in [4.69, 9.17) is 16.7 Å². The van der Waals surface area contributed by atoms with Crippen molar-refractivity contribution in [3.05, 3.63) is 23.2 Å². The standard InChI is InChI=1S/C11H16ClN3O3S/c1-7(2)14-6-11(16)15-10-5-8(19(13,17)18)3-4-9(10)12/h3-5,7,14H,6H2,1-2H3,(H,15,16)(H2,13,17,18). The maximum Gasteiger partial charge on any atom is 0.238 e. The van der Waals surface area contributed by atoms with E-state index in [1.165, 1.54) is 18.2 Å². The lowest BCUT2D eigenvalue weighted by Gasteiger charge is -2.11. The van der Waals surface area contributed by atoms with Crippen LogP contribution < -0.4 is 15.8 Å². The van der Waals surface area contributed by atoms with Crippen LogP contribution in [0.15, 0.2) is 23.1 Å². The van der Waals surface area contributed by atoms with Crippen molar-refractivity contribution in [2.45, 2.75) is 24.8 Å². The van der Waals surface area contributed by atoms with Gasteiger partial charge in [-0.25, -0.2) is 13.6 Å². The van der Waals surface area contributed by atoms with Crippen LogP contribution in [-0.4, -0.2) is 26.9 Å². The molecule has 106 valence electrons. The van der Waals surface area contributed by atoms with E-state index in [1.807, 2.05) is 13.8 Å². The second kappa shape index (κ2) is 6.33. The average molecular weight is 306 g/mol. The molecule has 0 unspecified atom stereocenters. The first-order valence-corrected chi connectivity index (χ1v) is 7.48. The van der Waals surface area contributed by atoms with E-state index in [9.17, 15) is 13.2 Å². The Kier molecular flexibility index (Phi) is 5.30. The highest BCUT2D eigenvalue weighted by Gasteiger charge is 2.12. The molecular weight excluding hydrogens is 290 g/mol. The van der Waals surface area contributed by atoms with E-state index in [0.29, 0.717) is 0 Å². The average Bonchev–Trinajstić information content (AvgIpc) is 2.28. The fourth-order valence-electron chi connectivity index (χ4n) is 1.27. The monoisotopic (exact) mass is 305 g/mol. The summed E-state index contributed by atoms with van der Waals surface area (Å²) in [4.78, 5) is 11.5. The molecule has 0 aromatic heterocycles. The molecule has 0 atom stereocenters.